The van der Waals surface area contributed by atoms with Gasteiger partial charge in [-0.1, -0.05) is 25.7 Å². The Kier molecular flexibility index (Phi) is 6.29. The number of nitrogens with one attached hydrogen (secondary N) is 1. The van der Waals surface area contributed by atoms with Gasteiger partial charge < -0.3 is 5.32 Å². The molecule has 1 aromatic rings. The third-order valence-electron chi connectivity index (χ3n) is 5.41. The van der Waals surface area contributed by atoms with Crippen LogP contribution in [0.2, 0.25) is 0 Å². The van der Waals surface area contributed by atoms with Crippen LogP contribution in [0.1, 0.15) is 51.4 Å². The first kappa shape index (κ1) is 19.3. The summed E-state index contributed by atoms with van der Waals surface area (Å²) in [6.45, 7) is 0.588. The van der Waals surface area contributed by atoms with Crippen LogP contribution >= 0.6 is 0 Å². The smallest absolute Gasteiger partial charge is 0.243 e. The topological polar surface area (TPSA) is 66.5 Å². The molecular formula is C19H27FN2O3S. The maximum Gasteiger partial charge on any atom is 0.243 e. The van der Waals surface area contributed by atoms with Crippen molar-refractivity contribution >= 4 is 15.9 Å². The molecule has 2 fully saturated rings. The van der Waals surface area contributed by atoms with Gasteiger partial charge >= 0.3 is 0 Å². The fourth-order valence-electron chi connectivity index (χ4n) is 3.87. The Labute approximate surface area is 155 Å². The highest BCUT2D eigenvalue weighted by atomic mass is 32.2. The second kappa shape index (κ2) is 8.48. The molecule has 1 saturated carbocycles. The first-order valence-corrected chi connectivity index (χ1v) is 11.0. The molecule has 1 N–H and O–H groups in total. The molecule has 2 aliphatic rings. The number of piperidine rings is 1. The highest BCUT2D eigenvalue weighted by Crippen LogP contribution is 2.25. The Balaban J connectivity index is 1.64. The van der Waals surface area contributed by atoms with Crippen LogP contribution in [0.5, 0.6) is 0 Å². The lowest BCUT2D eigenvalue weighted by molar-refractivity contribution is -0.126. The molecule has 1 saturated heterocycles. The molecule has 1 amide bonds. The van der Waals surface area contributed by atoms with Gasteiger partial charge in [-0.2, -0.15) is 4.31 Å². The standard InChI is InChI=1S/C19H27FN2O3S/c20-16-9-11-18(12-10-16)26(24,25)22-13-5-6-15(14-22)19(23)21-17-7-3-1-2-4-8-17/h9-12,15,17H,1-8,13-14H2,(H,21,23)/t15-/m0/s1. The van der Waals surface area contributed by atoms with Crippen LogP contribution in [0.25, 0.3) is 0 Å². The summed E-state index contributed by atoms with van der Waals surface area (Å²) in [4.78, 5) is 12.7. The number of carbonyl (C=O) groups is 1. The van der Waals surface area contributed by atoms with E-state index in [0.717, 1.165) is 37.8 Å². The average Bonchev–Trinajstić information content (AvgIpc) is 2.91. The summed E-state index contributed by atoms with van der Waals surface area (Å²) in [5.41, 5.74) is 0. The van der Waals surface area contributed by atoms with E-state index in [1.807, 2.05) is 0 Å². The summed E-state index contributed by atoms with van der Waals surface area (Å²) < 4.78 is 40.0. The zero-order valence-electron chi connectivity index (χ0n) is 15.0. The Morgan fingerprint density at radius 3 is 2.31 bits per heavy atom. The van der Waals surface area contributed by atoms with Crippen molar-refractivity contribution in [1.29, 1.82) is 0 Å². The van der Waals surface area contributed by atoms with Gasteiger partial charge in [-0.3, -0.25) is 4.79 Å². The second-order valence-electron chi connectivity index (χ2n) is 7.35. The number of hydrogen-bond donors (Lipinski definition) is 1. The van der Waals surface area contributed by atoms with E-state index in [4.69, 9.17) is 0 Å². The minimum atomic E-state index is -3.70. The maximum atomic E-state index is 13.1. The summed E-state index contributed by atoms with van der Waals surface area (Å²) >= 11 is 0. The van der Waals surface area contributed by atoms with Crippen LogP contribution in [-0.4, -0.2) is 37.8 Å². The zero-order valence-corrected chi connectivity index (χ0v) is 15.8. The van der Waals surface area contributed by atoms with E-state index in [1.165, 1.54) is 29.3 Å². The summed E-state index contributed by atoms with van der Waals surface area (Å²) in [5.74, 6) is -0.818. The molecule has 0 aromatic heterocycles. The van der Waals surface area contributed by atoms with Gasteiger partial charge in [0.2, 0.25) is 15.9 Å². The Bertz CT molecular complexity index is 713. The van der Waals surface area contributed by atoms with Crippen LogP contribution < -0.4 is 5.32 Å². The minimum Gasteiger partial charge on any atom is -0.353 e. The first-order chi connectivity index (χ1) is 12.5. The molecule has 0 radical (unpaired) electrons. The van der Waals surface area contributed by atoms with Crippen molar-refractivity contribution in [2.24, 2.45) is 5.92 Å². The van der Waals surface area contributed by atoms with Crippen LogP contribution in [-0.2, 0) is 14.8 Å². The van der Waals surface area contributed by atoms with E-state index in [1.54, 1.807) is 0 Å². The van der Waals surface area contributed by atoms with Crippen molar-refractivity contribution in [1.82, 2.24) is 9.62 Å². The lowest BCUT2D eigenvalue weighted by Gasteiger charge is -2.32. The Morgan fingerprint density at radius 2 is 1.65 bits per heavy atom. The minimum absolute atomic E-state index is 0.0316. The van der Waals surface area contributed by atoms with E-state index < -0.39 is 15.8 Å². The van der Waals surface area contributed by atoms with Gasteiger partial charge in [0, 0.05) is 19.1 Å². The molecule has 26 heavy (non-hydrogen) atoms. The van der Waals surface area contributed by atoms with E-state index in [2.05, 4.69) is 5.32 Å². The summed E-state index contributed by atoms with van der Waals surface area (Å²) in [5, 5.41) is 3.14. The number of amides is 1. The number of carbonyl (C=O) groups excluding carboxylic acids is 1. The van der Waals surface area contributed by atoms with Gasteiger partial charge in [-0.05, 0) is 49.9 Å². The first-order valence-electron chi connectivity index (χ1n) is 9.53. The predicted molar refractivity (Wildman–Crippen MR) is 97.5 cm³/mol. The quantitative estimate of drug-likeness (QED) is 0.814. The number of sulfonamides is 1. The van der Waals surface area contributed by atoms with Gasteiger partial charge in [0.25, 0.3) is 0 Å². The van der Waals surface area contributed by atoms with Crippen LogP contribution in [0.3, 0.4) is 0 Å². The van der Waals surface area contributed by atoms with Crippen molar-refractivity contribution in [3.05, 3.63) is 30.1 Å². The van der Waals surface area contributed by atoms with Gasteiger partial charge in [0.15, 0.2) is 0 Å². The van der Waals surface area contributed by atoms with Crippen LogP contribution in [0.4, 0.5) is 4.39 Å². The van der Waals surface area contributed by atoms with Crippen molar-refractivity contribution < 1.29 is 17.6 Å². The number of halogens is 1. The van der Waals surface area contributed by atoms with E-state index in [0.29, 0.717) is 19.4 Å². The van der Waals surface area contributed by atoms with Gasteiger partial charge in [0.05, 0.1) is 10.8 Å². The maximum absolute atomic E-state index is 13.1. The molecule has 0 bridgehead atoms. The van der Waals surface area contributed by atoms with Crippen molar-refractivity contribution in [3.63, 3.8) is 0 Å². The summed E-state index contributed by atoms with van der Waals surface area (Å²) in [7, 11) is -3.70. The predicted octanol–water partition coefficient (Wildman–Crippen LogP) is 3.07. The Hall–Kier alpha value is -1.47. The molecule has 0 unspecified atom stereocenters. The van der Waals surface area contributed by atoms with Crippen LogP contribution in [0, 0.1) is 11.7 Å². The Morgan fingerprint density at radius 1 is 1.00 bits per heavy atom. The average molecular weight is 383 g/mol. The number of nitrogens with zero attached hydrogens (tertiary/aromatic N) is 1. The molecule has 1 aromatic carbocycles. The number of rotatable bonds is 4. The third kappa shape index (κ3) is 4.62. The SMILES string of the molecule is O=C(NC1CCCCCC1)[C@H]1CCCN(S(=O)(=O)c2ccc(F)cc2)C1. The van der Waals surface area contributed by atoms with Gasteiger partial charge in [-0.25, -0.2) is 12.8 Å². The van der Waals surface area contributed by atoms with Gasteiger partial charge in [0.1, 0.15) is 5.82 Å². The number of hydrogen-bond acceptors (Lipinski definition) is 3. The molecule has 1 heterocycles. The van der Waals surface area contributed by atoms with E-state index in [-0.39, 0.29) is 29.3 Å². The molecule has 1 aliphatic heterocycles. The molecule has 7 heteroatoms. The lowest BCUT2D eigenvalue weighted by Crippen LogP contribution is -2.47. The lowest BCUT2D eigenvalue weighted by atomic mass is 9.97. The summed E-state index contributed by atoms with van der Waals surface area (Å²) in [6.07, 6.45) is 8.10. The van der Waals surface area contributed by atoms with Crippen molar-refractivity contribution in [3.8, 4) is 0 Å². The zero-order chi connectivity index (χ0) is 18.6. The molecule has 0 spiro atoms. The van der Waals surface area contributed by atoms with Crippen molar-refractivity contribution in [2.45, 2.75) is 62.3 Å². The number of benzene rings is 1. The van der Waals surface area contributed by atoms with Gasteiger partial charge in [-0.15, -0.1) is 0 Å². The summed E-state index contributed by atoms with van der Waals surface area (Å²) in [6, 6.07) is 5.06. The normalized spacial score (nSPS) is 23.3. The largest absolute Gasteiger partial charge is 0.353 e. The molecule has 1 atom stereocenters. The van der Waals surface area contributed by atoms with E-state index in [9.17, 15) is 17.6 Å². The highest BCUT2D eigenvalue weighted by Gasteiger charge is 2.34. The van der Waals surface area contributed by atoms with Crippen LogP contribution in [0.15, 0.2) is 29.2 Å². The third-order valence-corrected chi connectivity index (χ3v) is 7.29. The monoisotopic (exact) mass is 382 g/mol. The molecular weight excluding hydrogens is 355 g/mol. The second-order valence-corrected chi connectivity index (χ2v) is 9.29. The van der Waals surface area contributed by atoms with Crippen molar-refractivity contribution in [2.75, 3.05) is 13.1 Å². The molecule has 3 rings (SSSR count). The van der Waals surface area contributed by atoms with E-state index >= 15 is 0 Å². The highest BCUT2D eigenvalue weighted by molar-refractivity contribution is 7.89. The molecule has 1 aliphatic carbocycles. The fourth-order valence-corrected chi connectivity index (χ4v) is 5.40. The molecule has 5 nitrogen and oxygen atoms in total. The molecule has 144 valence electrons. The fraction of sp³-hybridized carbons (Fsp3) is 0.632.